The average molecular weight is 417 g/mol. The normalized spacial score (nSPS) is 11.1. The molecule has 7 nitrogen and oxygen atoms in total. The van der Waals surface area contributed by atoms with Crippen LogP contribution in [0, 0.1) is 10.1 Å². The van der Waals surface area contributed by atoms with Gasteiger partial charge in [0.05, 0.1) is 20.9 Å². The molecule has 146 valence electrons. The van der Waals surface area contributed by atoms with Crippen LogP contribution >= 0.6 is 23.1 Å². The van der Waals surface area contributed by atoms with Crippen LogP contribution in [0.4, 0.5) is 10.8 Å². The summed E-state index contributed by atoms with van der Waals surface area (Å²) in [5, 5.41) is 11.6. The molecule has 0 saturated heterocycles. The molecule has 0 N–H and O–H groups in total. The highest BCUT2D eigenvalue weighted by Gasteiger charge is 2.21. The highest BCUT2D eigenvalue weighted by molar-refractivity contribution is 8.00. The first kappa shape index (κ1) is 20.2. The fraction of sp³-hybridized carbons (Fsp3) is 0.263. The van der Waals surface area contributed by atoms with E-state index in [9.17, 15) is 14.9 Å². The lowest BCUT2D eigenvalue weighted by atomic mass is 10.3. The van der Waals surface area contributed by atoms with Crippen molar-refractivity contribution >= 4 is 50.0 Å². The van der Waals surface area contributed by atoms with E-state index in [2.05, 4.69) is 4.98 Å². The number of carbonyl (C=O) groups excluding carboxylic acids is 1. The first-order chi connectivity index (χ1) is 13.4. The molecule has 9 heteroatoms. The Morgan fingerprint density at radius 1 is 1.18 bits per heavy atom. The molecule has 3 aromatic rings. The minimum absolute atomic E-state index is 0.0218. The van der Waals surface area contributed by atoms with Gasteiger partial charge in [-0.1, -0.05) is 29.5 Å². The molecule has 1 heterocycles. The van der Waals surface area contributed by atoms with Crippen molar-refractivity contribution in [2.75, 3.05) is 37.8 Å². The number of nitrogens with zero attached hydrogens (tertiary/aromatic N) is 4. The standard InChI is InChI=1S/C19H20N4O3S2/c1-21(2)10-11-22(18(24)13-27-15-6-4-3-5-7-15)19-20-16-9-8-14(23(25)26)12-17(16)28-19/h3-9,12H,10-11,13H2,1-2H3. The Hall–Kier alpha value is -2.49. The number of fused-ring (bicyclic) bond motifs is 1. The van der Waals surface area contributed by atoms with Crippen molar-refractivity contribution < 1.29 is 9.72 Å². The molecular formula is C19H20N4O3S2. The lowest BCUT2D eigenvalue weighted by molar-refractivity contribution is -0.384. The number of amides is 1. The van der Waals surface area contributed by atoms with Crippen LogP contribution < -0.4 is 4.90 Å². The third kappa shape index (κ3) is 5.06. The van der Waals surface area contributed by atoms with Gasteiger partial charge in [0.15, 0.2) is 5.13 Å². The summed E-state index contributed by atoms with van der Waals surface area (Å²) in [6, 6.07) is 14.3. The first-order valence-electron chi connectivity index (χ1n) is 8.62. The van der Waals surface area contributed by atoms with Crippen LogP contribution in [0.1, 0.15) is 0 Å². The fourth-order valence-corrected chi connectivity index (χ4v) is 4.33. The van der Waals surface area contributed by atoms with Gasteiger partial charge in [-0.25, -0.2) is 4.98 Å². The maximum atomic E-state index is 12.9. The van der Waals surface area contributed by atoms with Gasteiger partial charge in [0.2, 0.25) is 5.91 Å². The molecule has 0 radical (unpaired) electrons. The molecule has 1 amide bonds. The molecule has 0 saturated carbocycles. The van der Waals surface area contributed by atoms with E-state index in [1.54, 1.807) is 11.0 Å². The van der Waals surface area contributed by atoms with Gasteiger partial charge in [0.25, 0.3) is 5.69 Å². The number of anilines is 1. The van der Waals surface area contributed by atoms with E-state index < -0.39 is 4.92 Å². The van der Waals surface area contributed by atoms with Gasteiger partial charge in [-0.2, -0.15) is 0 Å². The van der Waals surface area contributed by atoms with Crippen molar-refractivity contribution in [1.82, 2.24) is 9.88 Å². The summed E-state index contributed by atoms with van der Waals surface area (Å²) in [6.07, 6.45) is 0. The lowest BCUT2D eigenvalue weighted by Crippen LogP contribution is -2.37. The number of aromatic nitrogens is 1. The largest absolute Gasteiger partial charge is 0.308 e. The number of hydrogen-bond donors (Lipinski definition) is 0. The molecule has 0 spiro atoms. The minimum Gasteiger partial charge on any atom is -0.308 e. The maximum absolute atomic E-state index is 12.9. The van der Waals surface area contributed by atoms with Crippen molar-refractivity contribution in [2.45, 2.75) is 4.90 Å². The lowest BCUT2D eigenvalue weighted by Gasteiger charge is -2.21. The zero-order valence-corrected chi connectivity index (χ0v) is 17.2. The van der Waals surface area contributed by atoms with Crippen LogP contribution in [0.2, 0.25) is 0 Å². The molecule has 0 atom stereocenters. The Kier molecular flexibility index (Phi) is 6.61. The van der Waals surface area contributed by atoms with E-state index in [1.165, 1.54) is 35.2 Å². The van der Waals surface area contributed by atoms with Crippen LogP contribution in [0.5, 0.6) is 0 Å². The number of carbonyl (C=O) groups is 1. The summed E-state index contributed by atoms with van der Waals surface area (Å²) in [5.41, 5.74) is 0.678. The maximum Gasteiger partial charge on any atom is 0.270 e. The second kappa shape index (κ2) is 9.13. The number of benzene rings is 2. The van der Waals surface area contributed by atoms with Crippen LogP contribution in [-0.2, 0) is 4.79 Å². The molecule has 0 unspecified atom stereocenters. The number of likely N-dealkylation sites (N-methyl/N-ethyl adjacent to an activating group) is 1. The molecule has 28 heavy (non-hydrogen) atoms. The van der Waals surface area contributed by atoms with Gasteiger partial charge >= 0.3 is 0 Å². The first-order valence-corrected chi connectivity index (χ1v) is 10.4. The number of thioether (sulfide) groups is 1. The second-order valence-electron chi connectivity index (χ2n) is 6.36. The molecule has 0 bridgehead atoms. The molecule has 0 aliphatic heterocycles. The monoisotopic (exact) mass is 416 g/mol. The highest BCUT2D eigenvalue weighted by atomic mass is 32.2. The molecule has 1 aromatic heterocycles. The number of thiazole rings is 1. The van der Waals surface area contributed by atoms with Crippen molar-refractivity contribution in [3.8, 4) is 0 Å². The number of nitro groups is 1. The SMILES string of the molecule is CN(C)CCN(C(=O)CSc1ccccc1)c1nc2ccc([N+](=O)[O-])cc2s1. The van der Waals surface area contributed by atoms with E-state index in [4.69, 9.17) is 0 Å². The molecule has 0 aliphatic rings. The van der Waals surface area contributed by atoms with Crippen molar-refractivity contribution in [1.29, 1.82) is 0 Å². The zero-order valence-electron chi connectivity index (χ0n) is 15.6. The molecule has 3 rings (SSSR count). The second-order valence-corrected chi connectivity index (χ2v) is 8.41. The summed E-state index contributed by atoms with van der Waals surface area (Å²) in [7, 11) is 3.90. The van der Waals surface area contributed by atoms with Crippen LogP contribution in [-0.4, -0.2) is 53.7 Å². The summed E-state index contributed by atoms with van der Waals surface area (Å²) in [6.45, 7) is 1.20. The topological polar surface area (TPSA) is 79.6 Å². The van der Waals surface area contributed by atoms with Gasteiger partial charge in [-0.15, -0.1) is 11.8 Å². The van der Waals surface area contributed by atoms with Crippen LogP contribution in [0.15, 0.2) is 53.4 Å². The van der Waals surface area contributed by atoms with Crippen LogP contribution in [0.3, 0.4) is 0 Å². The summed E-state index contributed by atoms with van der Waals surface area (Å²) >= 11 is 2.78. The molecule has 0 fully saturated rings. The molecule has 2 aromatic carbocycles. The van der Waals surface area contributed by atoms with Crippen LogP contribution in [0.25, 0.3) is 10.2 Å². The van der Waals surface area contributed by atoms with Crippen molar-refractivity contribution in [2.24, 2.45) is 0 Å². The highest BCUT2D eigenvalue weighted by Crippen LogP contribution is 2.32. The molecule has 0 aliphatic carbocycles. The third-order valence-corrected chi connectivity index (χ3v) is 6.02. The Balaban J connectivity index is 1.83. The molecular weight excluding hydrogens is 396 g/mol. The zero-order chi connectivity index (χ0) is 20.1. The van der Waals surface area contributed by atoms with Gasteiger partial charge < -0.3 is 4.90 Å². The van der Waals surface area contributed by atoms with Crippen molar-refractivity contribution in [3.63, 3.8) is 0 Å². The minimum atomic E-state index is -0.426. The van der Waals surface area contributed by atoms with Crippen molar-refractivity contribution in [3.05, 3.63) is 58.6 Å². The van der Waals surface area contributed by atoms with E-state index in [1.807, 2.05) is 49.3 Å². The Morgan fingerprint density at radius 2 is 1.93 bits per heavy atom. The smallest absolute Gasteiger partial charge is 0.270 e. The van der Waals surface area contributed by atoms with E-state index in [0.717, 1.165) is 4.90 Å². The summed E-state index contributed by atoms with van der Waals surface area (Å²) in [5.74, 6) is 0.261. The fourth-order valence-electron chi connectivity index (χ4n) is 2.50. The Bertz CT molecular complexity index is 976. The van der Waals surface area contributed by atoms with Gasteiger partial charge in [-0.3, -0.25) is 19.8 Å². The summed E-state index contributed by atoms with van der Waals surface area (Å²) < 4.78 is 0.697. The van der Waals surface area contributed by atoms with Gasteiger partial charge in [0.1, 0.15) is 0 Å². The summed E-state index contributed by atoms with van der Waals surface area (Å²) in [4.78, 5) is 32.8. The van der Waals surface area contributed by atoms with Gasteiger partial charge in [-0.05, 0) is 32.3 Å². The Morgan fingerprint density at radius 3 is 2.61 bits per heavy atom. The predicted molar refractivity (Wildman–Crippen MR) is 114 cm³/mol. The van der Waals surface area contributed by atoms with E-state index in [0.29, 0.717) is 34.2 Å². The predicted octanol–water partition coefficient (Wildman–Crippen LogP) is 3.89. The number of nitro benzene ring substituents is 1. The number of rotatable bonds is 8. The third-order valence-electron chi connectivity index (χ3n) is 3.98. The number of non-ortho nitro benzene ring substituents is 1. The van der Waals surface area contributed by atoms with E-state index in [-0.39, 0.29) is 11.6 Å². The van der Waals surface area contributed by atoms with Gasteiger partial charge in [0, 0.05) is 30.1 Å². The quantitative estimate of drug-likeness (QED) is 0.315. The number of hydrogen-bond acceptors (Lipinski definition) is 7. The average Bonchev–Trinajstić information content (AvgIpc) is 3.09. The Labute approximate surface area is 171 Å². The van der Waals surface area contributed by atoms with E-state index >= 15 is 0 Å².